The molecule has 2 nitrogen and oxygen atoms in total. The Balaban J connectivity index is 0.000000216. The van der Waals surface area contributed by atoms with Crippen LogP contribution in [0.1, 0.15) is 0 Å². The zero-order valence-corrected chi connectivity index (χ0v) is 24.0. The standard InChI is InChI=1S/C26H22N2.C12H11P/c1-3-11-21(12-4-1)23-15-7-9-17-25(23)27-19-20-28-26-18-10-8-16-24(26)22-13-5-2-6-14-22;13-12-8-4-7-11(9-12)10-5-2-1-3-6-10/h1-20,27-28H;1-9H,13H2/b20-19-;. The average Bonchev–Trinajstić information content (AvgIpc) is 3.05. The normalized spacial score (nSPS) is 10.5. The highest BCUT2D eigenvalue weighted by Crippen LogP contribution is 2.29. The first kappa shape index (κ1) is 27.6. The topological polar surface area (TPSA) is 24.1 Å². The first-order valence-electron chi connectivity index (χ1n) is 13.7. The van der Waals surface area contributed by atoms with E-state index < -0.39 is 0 Å². The van der Waals surface area contributed by atoms with Crippen molar-refractivity contribution >= 4 is 25.9 Å². The second-order valence-electron chi connectivity index (χ2n) is 9.44. The Bertz CT molecular complexity index is 1590. The van der Waals surface area contributed by atoms with Gasteiger partial charge in [-0.3, -0.25) is 0 Å². The summed E-state index contributed by atoms with van der Waals surface area (Å²) in [5.41, 5.74) is 9.43. The third kappa shape index (κ3) is 7.82. The van der Waals surface area contributed by atoms with Gasteiger partial charge in [0.2, 0.25) is 0 Å². The van der Waals surface area contributed by atoms with E-state index >= 15 is 0 Å². The van der Waals surface area contributed by atoms with Gasteiger partial charge in [-0.25, -0.2) is 0 Å². The van der Waals surface area contributed by atoms with Crippen LogP contribution in [-0.2, 0) is 0 Å². The maximum absolute atomic E-state index is 3.40. The SMILES string of the molecule is C(=C/Nc1ccccc1-c1ccccc1)/Nc1ccccc1-c1ccccc1.Pc1cccc(-c2ccccc2)c1. The van der Waals surface area contributed by atoms with Gasteiger partial charge in [-0.2, -0.15) is 0 Å². The van der Waals surface area contributed by atoms with Crippen LogP contribution >= 0.6 is 9.24 Å². The molecule has 0 spiro atoms. The van der Waals surface area contributed by atoms with Crippen LogP contribution < -0.4 is 15.9 Å². The molecule has 0 bridgehead atoms. The van der Waals surface area contributed by atoms with E-state index in [1.54, 1.807) is 0 Å². The van der Waals surface area contributed by atoms with Gasteiger partial charge in [0, 0.05) is 34.9 Å². The molecule has 1 unspecified atom stereocenters. The summed E-state index contributed by atoms with van der Waals surface area (Å²) >= 11 is 0. The number of anilines is 2. The Hall–Kier alpha value is -4.91. The summed E-state index contributed by atoms with van der Waals surface area (Å²) in [6, 6.07) is 56.3. The molecule has 0 saturated carbocycles. The van der Waals surface area contributed by atoms with Crippen molar-refractivity contribution in [3.8, 4) is 33.4 Å². The van der Waals surface area contributed by atoms with E-state index in [4.69, 9.17) is 0 Å². The van der Waals surface area contributed by atoms with Crippen molar-refractivity contribution in [1.82, 2.24) is 0 Å². The van der Waals surface area contributed by atoms with Gasteiger partial charge in [-0.1, -0.05) is 146 Å². The van der Waals surface area contributed by atoms with Crippen molar-refractivity contribution < 1.29 is 0 Å². The molecule has 0 heterocycles. The van der Waals surface area contributed by atoms with Crippen LogP contribution in [0.4, 0.5) is 11.4 Å². The molecule has 0 saturated heterocycles. The fourth-order valence-electron chi connectivity index (χ4n) is 4.57. The van der Waals surface area contributed by atoms with Gasteiger partial charge >= 0.3 is 0 Å². The monoisotopic (exact) mass is 548 g/mol. The molecule has 2 N–H and O–H groups in total. The fourth-order valence-corrected chi connectivity index (χ4v) is 4.86. The minimum Gasteiger partial charge on any atom is -0.360 e. The molecule has 200 valence electrons. The van der Waals surface area contributed by atoms with Gasteiger partial charge in [0.25, 0.3) is 0 Å². The number of hydrogen-bond donors (Lipinski definition) is 2. The zero-order valence-electron chi connectivity index (χ0n) is 22.8. The van der Waals surface area contributed by atoms with E-state index in [1.165, 1.54) is 38.7 Å². The lowest BCUT2D eigenvalue weighted by molar-refractivity contribution is 1.51. The lowest BCUT2D eigenvalue weighted by atomic mass is 10.0. The highest BCUT2D eigenvalue weighted by molar-refractivity contribution is 7.27. The Morgan fingerprint density at radius 1 is 0.366 bits per heavy atom. The minimum atomic E-state index is 1.07. The molecule has 0 aromatic heterocycles. The van der Waals surface area contributed by atoms with E-state index in [0.29, 0.717) is 0 Å². The molecule has 0 aliphatic rings. The Morgan fingerprint density at radius 3 is 1.22 bits per heavy atom. The van der Waals surface area contributed by atoms with E-state index in [-0.39, 0.29) is 0 Å². The molecule has 0 aliphatic carbocycles. The zero-order chi connectivity index (χ0) is 28.1. The highest BCUT2D eigenvalue weighted by Gasteiger charge is 2.04. The molecule has 0 radical (unpaired) electrons. The van der Waals surface area contributed by atoms with Crippen LogP contribution in [0.5, 0.6) is 0 Å². The van der Waals surface area contributed by atoms with Gasteiger partial charge in [0.15, 0.2) is 0 Å². The third-order valence-corrected chi connectivity index (χ3v) is 6.94. The van der Waals surface area contributed by atoms with Crippen LogP contribution in [0.3, 0.4) is 0 Å². The molecular formula is C38H33N2P. The Morgan fingerprint density at radius 2 is 0.756 bits per heavy atom. The van der Waals surface area contributed by atoms with Gasteiger partial charge < -0.3 is 10.6 Å². The predicted octanol–water partition coefficient (Wildman–Crippen LogP) is 9.87. The number of hydrogen-bond acceptors (Lipinski definition) is 2. The summed E-state index contributed by atoms with van der Waals surface area (Å²) < 4.78 is 0. The molecule has 6 aromatic carbocycles. The van der Waals surface area contributed by atoms with Crippen molar-refractivity contribution in [3.63, 3.8) is 0 Å². The first-order valence-corrected chi connectivity index (χ1v) is 14.2. The fraction of sp³-hybridized carbons (Fsp3) is 0. The van der Waals surface area contributed by atoms with Gasteiger partial charge in [0.1, 0.15) is 0 Å². The van der Waals surface area contributed by atoms with E-state index in [2.05, 4.69) is 153 Å². The summed E-state index contributed by atoms with van der Waals surface area (Å²) in [6.45, 7) is 0. The van der Waals surface area contributed by atoms with Crippen molar-refractivity contribution in [2.75, 3.05) is 10.6 Å². The molecule has 1 atom stereocenters. The van der Waals surface area contributed by atoms with E-state index in [9.17, 15) is 0 Å². The van der Waals surface area contributed by atoms with Crippen LogP contribution in [0, 0.1) is 0 Å². The second-order valence-corrected chi connectivity index (χ2v) is 10.1. The van der Waals surface area contributed by atoms with Gasteiger partial charge in [-0.15, -0.1) is 9.24 Å². The largest absolute Gasteiger partial charge is 0.360 e. The molecule has 3 heteroatoms. The molecule has 0 aliphatic heterocycles. The summed E-state index contributed by atoms with van der Waals surface area (Å²) in [5, 5.41) is 8.02. The summed E-state index contributed by atoms with van der Waals surface area (Å²) in [4.78, 5) is 0. The van der Waals surface area contributed by atoms with Crippen molar-refractivity contribution in [2.24, 2.45) is 0 Å². The van der Waals surface area contributed by atoms with Crippen molar-refractivity contribution in [2.45, 2.75) is 0 Å². The summed E-state index contributed by atoms with van der Waals surface area (Å²) in [7, 11) is 2.71. The quantitative estimate of drug-likeness (QED) is 0.194. The van der Waals surface area contributed by atoms with Gasteiger partial charge in [0.05, 0.1) is 0 Å². The lowest BCUT2D eigenvalue weighted by Gasteiger charge is -2.11. The number of nitrogens with one attached hydrogen (secondary N) is 2. The maximum Gasteiger partial charge on any atom is 0.0459 e. The van der Waals surface area contributed by atoms with Crippen LogP contribution in [0.2, 0.25) is 0 Å². The van der Waals surface area contributed by atoms with Crippen molar-refractivity contribution in [3.05, 3.63) is 176 Å². The van der Waals surface area contributed by atoms with Crippen LogP contribution in [0.25, 0.3) is 33.4 Å². The van der Waals surface area contributed by atoms with E-state index in [1.807, 2.05) is 42.7 Å². The van der Waals surface area contributed by atoms with Crippen LogP contribution in [0.15, 0.2) is 176 Å². The first-order chi connectivity index (χ1) is 20.3. The highest BCUT2D eigenvalue weighted by atomic mass is 31.0. The number of benzene rings is 6. The van der Waals surface area contributed by atoms with E-state index in [0.717, 1.165) is 11.4 Å². The molecule has 0 fully saturated rings. The summed E-state index contributed by atoms with van der Waals surface area (Å²) in [6.07, 6.45) is 3.87. The molecule has 41 heavy (non-hydrogen) atoms. The smallest absolute Gasteiger partial charge is 0.0459 e. The Labute approximate surface area is 245 Å². The second kappa shape index (κ2) is 14.5. The lowest BCUT2D eigenvalue weighted by Crippen LogP contribution is -1.95. The van der Waals surface area contributed by atoms with Crippen molar-refractivity contribution in [1.29, 1.82) is 0 Å². The number of rotatable bonds is 7. The minimum absolute atomic E-state index is 1.07. The van der Waals surface area contributed by atoms with Gasteiger partial charge in [-0.05, 0) is 45.8 Å². The Kier molecular flexibility index (Phi) is 9.76. The maximum atomic E-state index is 3.40. The molecule has 0 amide bonds. The van der Waals surface area contributed by atoms with Crippen LogP contribution in [-0.4, -0.2) is 0 Å². The summed E-state index contributed by atoms with van der Waals surface area (Å²) in [5.74, 6) is 0. The average molecular weight is 549 g/mol. The molecular weight excluding hydrogens is 515 g/mol. The molecule has 6 aromatic rings. The predicted molar refractivity (Wildman–Crippen MR) is 181 cm³/mol. The third-order valence-electron chi connectivity index (χ3n) is 6.58. The number of para-hydroxylation sites is 2. The molecule has 6 rings (SSSR count).